The number of aromatic nitrogens is 1. The van der Waals surface area contributed by atoms with Crippen LogP contribution in [0.25, 0.3) is 10.8 Å². The van der Waals surface area contributed by atoms with Crippen molar-refractivity contribution in [3.8, 4) is 0 Å². The third-order valence-corrected chi connectivity index (χ3v) is 4.33. The van der Waals surface area contributed by atoms with Gasteiger partial charge in [-0.05, 0) is 12.1 Å². The van der Waals surface area contributed by atoms with Crippen LogP contribution >= 0.6 is 15.9 Å². The molecule has 110 valence electrons. The van der Waals surface area contributed by atoms with Crippen LogP contribution in [0.3, 0.4) is 0 Å². The Labute approximate surface area is 130 Å². The monoisotopic (exact) mass is 350 g/mol. The van der Waals surface area contributed by atoms with E-state index in [1.54, 1.807) is 6.20 Å². The zero-order chi connectivity index (χ0) is 14.8. The fraction of sp³-hybridized carbons (Fsp3) is 0.333. The molecule has 1 N–H and O–H groups in total. The molecule has 3 rings (SSSR count). The number of carbonyl (C=O) groups is 1. The third-order valence-electron chi connectivity index (χ3n) is 3.64. The molecule has 1 saturated heterocycles. The number of hydrogen-bond acceptors (Lipinski definition) is 4. The number of anilines is 1. The molecule has 5 nitrogen and oxygen atoms in total. The van der Waals surface area contributed by atoms with Crippen molar-refractivity contribution in [3.05, 3.63) is 34.9 Å². The molecule has 1 aliphatic heterocycles. The van der Waals surface area contributed by atoms with Gasteiger partial charge in [0.2, 0.25) is 0 Å². The fourth-order valence-electron chi connectivity index (χ4n) is 2.69. The number of carboxylic acid groups (broad SMARTS) is 1. The molecular weight excluding hydrogens is 336 g/mol. The molecule has 6 heteroatoms. The van der Waals surface area contributed by atoms with Crippen LogP contribution < -0.4 is 4.90 Å². The number of rotatable bonds is 3. The molecule has 1 atom stereocenters. The highest BCUT2D eigenvalue weighted by Gasteiger charge is 2.27. The highest BCUT2D eigenvalue weighted by Crippen LogP contribution is 2.31. The lowest BCUT2D eigenvalue weighted by atomic mass is 10.1. The van der Waals surface area contributed by atoms with Crippen molar-refractivity contribution in [1.82, 2.24) is 4.98 Å². The summed E-state index contributed by atoms with van der Waals surface area (Å²) in [5.74, 6) is 0.000247. The average molecular weight is 351 g/mol. The molecule has 21 heavy (non-hydrogen) atoms. The van der Waals surface area contributed by atoms with Gasteiger partial charge in [0.25, 0.3) is 0 Å². The summed E-state index contributed by atoms with van der Waals surface area (Å²) in [4.78, 5) is 17.6. The van der Waals surface area contributed by atoms with Gasteiger partial charge in [0.1, 0.15) is 5.82 Å². The first-order valence-corrected chi connectivity index (χ1v) is 7.55. The number of aliphatic carboxylic acids is 1. The van der Waals surface area contributed by atoms with Gasteiger partial charge in [-0.25, -0.2) is 4.98 Å². The smallest absolute Gasteiger partial charge is 0.305 e. The molecule has 1 unspecified atom stereocenters. The predicted molar refractivity (Wildman–Crippen MR) is 83.6 cm³/mol. The number of halogens is 1. The fourth-order valence-corrected chi connectivity index (χ4v) is 3.18. The number of morpholine rings is 1. The Morgan fingerprint density at radius 3 is 3.10 bits per heavy atom. The van der Waals surface area contributed by atoms with Crippen molar-refractivity contribution in [3.63, 3.8) is 0 Å². The number of nitrogens with zero attached hydrogens (tertiary/aromatic N) is 2. The van der Waals surface area contributed by atoms with E-state index in [2.05, 4.69) is 20.9 Å². The van der Waals surface area contributed by atoms with Crippen molar-refractivity contribution >= 4 is 38.5 Å². The summed E-state index contributed by atoms with van der Waals surface area (Å²) in [5, 5.41) is 11.2. The molecule has 0 radical (unpaired) electrons. The summed E-state index contributed by atoms with van der Waals surface area (Å²) in [6, 6.07) is 7.73. The van der Waals surface area contributed by atoms with E-state index in [0.717, 1.165) is 21.1 Å². The number of carboxylic acids is 1. The Morgan fingerprint density at radius 1 is 1.43 bits per heavy atom. The first-order valence-electron chi connectivity index (χ1n) is 6.76. The molecule has 0 bridgehead atoms. The van der Waals surface area contributed by atoms with E-state index >= 15 is 0 Å². The Morgan fingerprint density at radius 2 is 2.29 bits per heavy atom. The zero-order valence-corrected chi connectivity index (χ0v) is 12.9. The van der Waals surface area contributed by atoms with Gasteiger partial charge in [-0.1, -0.05) is 28.1 Å². The van der Waals surface area contributed by atoms with Gasteiger partial charge in [0, 0.05) is 28.0 Å². The largest absolute Gasteiger partial charge is 0.481 e. The van der Waals surface area contributed by atoms with E-state index < -0.39 is 5.97 Å². The standard InChI is InChI=1S/C15H15BrN2O3/c16-13-3-1-2-12-11(13)4-5-17-15(12)18-6-7-21-9-10(18)8-14(19)20/h1-5,10H,6-9H2,(H,19,20). The second kappa shape index (κ2) is 5.99. The molecule has 0 aliphatic carbocycles. The van der Waals surface area contributed by atoms with Crippen LogP contribution in [0.15, 0.2) is 34.9 Å². The van der Waals surface area contributed by atoms with Crippen molar-refractivity contribution in [1.29, 1.82) is 0 Å². The van der Waals surface area contributed by atoms with Gasteiger partial charge in [-0.3, -0.25) is 4.79 Å². The number of ether oxygens (including phenoxy) is 1. The minimum absolute atomic E-state index is 0.0477. The van der Waals surface area contributed by atoms with E-state index in [-0.39, 0.29) is 12.5 Å². The second-order valence-corrected chi connectivity index (χ2v) is 5.84. The second-order valence-electron chi connectivity index (χ2n) is 4.99. The lowest BCUT2D eigenvalue weighted by Gasteiger charge is -2.36. The van der Waals surface area contributed by atoms with Gasteiger partial charge in [0.05, 0.1) is 25.7 Å². The molecule has 0 amide bonds. The van der Waals surface area contributed by atoms with Gasteiger partial charge in [0.15, 0.2) is 0 Å². The predicted octanol–water partition coefficient (Wildman–Crippen LogP) is 2.68. The molecule has 1 fully saturated rings. The molecule has 0 spiro atoms. The summed E-state index contributed by atoms with van der Waals surface area (Å²) >= 11 is 3.55. The minimum Gasteiger partial charge on any atom is -0.481 e. The van der Waals surface area contributed by atoms with E-state index in [1.165, 1.54) is 0 Å². The Balaban J connectivity index is 2.05. The average Bonchev–Trinajstić information content (AvgIpc) is 2.47. The van der Waals surface area contributed by atoms with Gasteiger partial charge < -0.3 is 14.7 Å². The summed E-state index contributed by atoms with van der Waals surface area (Å²) in [6.07, 6.45) is 1.81. The molecule has 1 aromatic heterocycles. The van der Waals surface area contributed by atoms with Gasteiger partial charge in [-0.15, -0.1) is 0 Å². The molecule has 1 aliphatic rings. The first-order chi connectivity index (χ1) is 10.2. The lowest BCUT2D eigenvalue weighted by molar-refractivity contribution is -0.138. The van der Waals surface area contributed by atoms with Crippen LogP contribution in [0, 0.1) is 0 Å². The first kappa shape index (κ1) is 14.3. The van der Waals surface area contributed by atoms with Crippen molar-refractivity contribution in [2.24, 2.45) is 0 Å². The molecule has 2 heterocycles. The van der Waals surface area contributed by atoms with Crippen LogP contribution in [0.5, 0.6) is 0 Å². The van der Waals surface area contributed by atoms with Crippen molar-refractivity contribution in [2.75, 3.05) is 24.7 Å². The van der Waals surface area contributed by atoms with Crippen LogP contribution in [0.4, 0.5) is 5.82 Å². The number of fused-ring (bicyclic) bond motifs is 1. The summed E-state index contributed by atoms with van der Waals surface area (Å²) in [7, 11) is 0. The van der Waals surface area contributed by atoms with E-state index in [4.69, 9.17) is 9.84 Å². The van der Waals surface area contributed by atoms with Crippen LogP contribution in [0.2, 0.25) is 0 Å². The summed E-state index contributed by atoms with van der Waals surface area (Å²) in [6.45, 7) is 1.65. The molecular formula is C15H15BrN2O3. The number of hydrogen-bond donors (Lipinski definition) is 1. The maximum atomic E-state index is 11.1. The Kier molecular flexibility index (Phi) is 4.07. The Bertz CT molecular complexity index is 677. The van der Waals surface area contributed by atoms with Crippen LogP contribution in [-0.2, 0) is 9.53 Å². The molecule has 1 aromatic carbocycles. The zero-order valence-electron chi connectivity index (χ0n) is 11.3. The highest BCUT2D eigenvalue weighted by atomic mass is 79.9. The molecule has 2 aromatic rings. The van der Waals surface area contributed by atoms with Crippen molar-refractivity contribution < 1.29 is 14.6 Å². The number of pyridine rings is 1. The topological polar surface area (TPSA) is 62.7 Å². The minimum atomic E-state index is -0.822. The van der Waals surface area contributed by atoms with Crippen LogP contribution in [-0.4, -0.2) is 41.9 Å². The quantitative estimate of drug-likeness (QED) is 0.921. The van der Waals surface area contributed by atoms with Crippen LogP contribution in [0.1, 0.15) is 6.42 Å². The van der Waals surface area contributed by atoms with Gasteiger partial charge in [-0.2, -0.15) is 0 Å². The summed E-state index contributed by atoms with van der Waals surface area (Å²) < 4.78 is 6.43. The van der Waals surface area contributed by atoms with Gasteiger partial charge >= 0.3 is 5.97 Å². The lowest BCUT2D eigenvalue weighted by Crippen LogP contribution is -2.47. The maximum absolute atomic E-state index is 11.1. The number of benzene rings is 1. The maximum Gasteiger partial charge on any atom is 0.305 e. The SMILES string of the molecule is O=C(O)CC1COCCN1c1nccc2c(Br)cccc12. The van der Waals surface area contributed by atoms with Crippen molar-refractivity contribution in [2.45, 2.75) is 12.5 Å². The third kappa shape index (κ3) is 2.87. The Hall–Kier alpha value is -1.66. The highest BCUT2D eigenvalue weighted by molar-refractivity contribution is 9.10. The van der Waals surface area contributed by atoms with E-state index in [1.807, 2.05) is 29.2 Å². The summed E-state index contributed by atoms with van der Waals surface area (Å²) in [5.41, 5.74) is 0. The molecule has 0 saturated carbocycles. The van der Waals surface area contributed by atoms with E-state index in [9.17, 15) is 4.79 Å². The van der Waals surface area contributed by atoms with E-state index in [0.29, 0.717) is 19.8 Å². The normalized spacial score (nSPS) is 18.9.